The van der Waals surface area contributed by atoms with Crippen LogP contribution in [0.5, 0.6) is 0 Å². The Hall–Kier alpha value is -0.660. The molecule has 0 fully saturated rings. The number of hydrogen-bond donors (Lipinski definition) is 0. The Morgan fingerprint density at radius 2 is 0.852 bits per heavy atom. The fraction of sp³-hybridized carbons (Fsp3) is 0.920. The predicted molar refractivity (Wildman–Crippen MR) is 122 cm³/mol. The van der Waals surface area contributed by atoms with Crippen molar-refractivity contribution >= 4 is 0 Å². The summed E-state index contributed by atoms with van der Waals surface area (Å²) in [5.74, 6) is 0. The molecule has 0 radical (unpaired) electrons. The van der Waals surface area contributed by atoms with E-state index < -0.39 is 0 Å². The topological polar surface area (TPSA) is 6.48 Å². The molecule has 0 saturated heterocycles. The standard InChI is InChI=1S/C25H50N2/c1-4-7-10-13-14-17-20-25-26(21-18-15-11-8-5-2)23-24-27(25)22-19-16-12-9-6-3/h23-25H,4-22H2,1-3H3. The highest BCUT2D eigenvalue weighted by molar-refractivity contribution is 4.96. The van der Waals surface area contributed by atoms with Crippen molar-refractivity contribution in [3.05, 3.63) is 12.4 Å². The van der Waals surface area contributed by atoms with Gasteiger partial charge in [0, 0.05) is 25.5 Å². The van der Waals surface area contributed by atoms with Gasteiger partial charge in [0.1, 0.15) is 6.17 Å². The molecule has 0 bridgehead atoms. The lowest BCUT2D eigenvalue weighted by Crippen LogP contribution is -2.39. The van der Waals surface area contributed by atoms with Crippen LogP contribution in [0.15, 0.2) is 12.4 Å². The van der Waals surface area contributed by atoms with Crippen molar-refractivity contribution in [2.24, 2.45) is 0 Å². The van der Waals surface area contributed by atoms with E-state index in [-0.39, 0.29) is 0 Å². The van der Waals surface area contributed by atoms with E-state index in [1.807, 2.05) is 0 Å². The summed E-state index contributed by atoms with van der Waals surface area (Å²) in [6, 6.07) is 0. The molecule has 0 N–H and O–H groups in total. The third-order valence-electron chi connectivity index (χ3n) is 6.07. The van der Waals surface area contributed by atoms with Gasteiger partial charge in [0.05, 0.1) is 0 Å². The SMILES string of the molecule is CCCCCCCCC1N(CCCCCCC)C=CN1CCCCCCC. The summed E-state index contributed by atoms with van der Waals surface area (Å²) in [5.41, 5.74) is 0. The van der Waals surface area contributed by atoms with Crippen molar-refractivity contribution in [2.75, 3.05) is 13.1 Å². The average molecular weight is 379 g/mol. The molecule has 2 nitrogen and oxygen atoms in total. The molecule has 1 aliphatic rings. The van der Waals surface area contributed by atoms with Crippen molar-refractivity contribution < 1.29 is 0 Å². The monoisotopic (exact) mass is 378 g/mol. The third kappa shape index (κ3) is 11.7. The second kappa shape index (κ2) is 17.4. The van der Waals surface area contributed by atoms with E-state index >= 15 is 0 Å². The van der Waals surface area contributed by atoms with Crippen molar-refractivity contribution in [2.45, 2.75) is 136 Å². The van der Waals surface area contributed by atoms with Gasteiger partial charge in [-0.15, -0.1) is 0 Å². The van der Waals surface area contributed by atoms with Gasteiger partial charge in [0.2, 0.25) is 0 Å². The molecular formula is C25H50N2. The summed E-state index contributed by atoms with van der Waals surface area (Å²) < 4.78 is 0. The quantitative estimate of drug-likeness (QED) is 0.209. The van der Waals surface area contributed by atoms with E-state index in [4.69, 9.17) is 0 Å². The molecule has 1 rings (SSSR count). The zero-order valence-electron chi connectivity index (χ0n) is 19.1. The molecule has 1 heterocycles. The summed E-state index contributed by atoms with van der Waals surface area (Å²) in [6.45, 7) is 9.43. The zero-order valence-corrected chi connectivity index (χ0v) is 19.1. The Labute approximate surface area is 171 Å². The van der Waals surface area contributed by atoms with Crippen LogP contribution >= 0.6 is 0 Å². The largest absolute Gasteiger partial charge is 0.356 e. The Bertz CT molecular complexity index is 315. The van der Waals surface area contributed by atoms with Crippen LogP contribution < -0.4 is 0 Å². The highest BCUT2D eigenvalue weighted by atomic mass is 15.4. The lowest BCUT2D eigenvalue weighted by molar-refractivity contribution is 0.135. The fourth-order valence-electron chi connectivity index (χ4n) is 4.24. The minimum atomic E-state index is 0.647. The van der Waals surface area contributed by atoms with Crippen molar-refractivity contribution in [3.63, 3.8) is 0 Å². The molecule has 0 atom stereocenters. The fourth-order valence-corrected chi connectivity index (χ4v) is 4.24. The molecular weight excluding hydrogens is 328 g/mol. The van der Waals surface area contributed by atoms with E-state index in [2.05, 4.69) is 43.0 Å². The van der Waals surface area contributed by atoms with Gasteiger partial charge in [-0.3, -0.25) is 0 Å². The maximum Gasteiger partial charge on any atom is 0.101 e. The van der Waals surface area contributed by atoms with Gasteiger partial charge in [0.15, 0.2) is 0 Å². The third-order valence-corrected chi connectivity index (χ3v) is 6.07. The van der Waals surface area contributed by atoms with E-state index in [0.717, 1.165) is 0 Å². The molecule has 2 heteroatoms. The lowest BCUT2D eigenvalue weighted by atomic mass is 10.1. The molecule has 0 aromatic heterocycles. The average Bonchev–Trinajstić information content (AvgIpc) is 3.06. The summed E-state index contributed by atoms with van der Waals surface area (Å²) >= 11 is 0. The Morgan fingerprint density at radius 3 is 1.30 bits per heavy atom. The number of unbranched alkanes of at least 4 members (excludes halogenated alkanes) is 13. The maximum atomic E-state index is 2.66. The highest BCUT2D eigenvalue weighted by Gasteiger charge is 2.24. The molecule has 0 aliphatic carbocycles. The van der Waals surface area contributed by atoms with Gasteiger partial charge in [0.25, 0.3) is 0 Å². The van der Waals surface area contributed by atoms with Gasteiger partial charge in [-0.25, -0.2) is 0 Å². The van der Waals surface area contributed by atoms with Crippen molar-refractivity contribution in [1.82, 2.24) is 9.80 Å². The van der Waals surface area contributed by atoms with E-state index in [9.17, 15) is 0 Å². The van der Waals surface area contributed by atoms with Crippen LogP contribution in [0, 0.1) is 0 Å². The van der Waals surface area contributed by atoms with Crippen LogP contribution in [0.2, 0.25) is 0 Å². The molecule has 0 aromatic rings. The lowest BCUT2D eigenvalue weighted by Gasteiger charge is -2.33. The Kier molecular flexibility index (Phi) is 15.7. The number of nitrogens with zero attached hydrogens (tertiary/aromatic N) is 2. The van der Waals surface area contributed by atoms with Crippen LogP contribution in [-0.4, -0.2) is 29.1 Å². The molecule has 27 heavy (non-hydrogen) atoms. The first-order chi connectivity index (χ1) is 13.3. The molecule has 0 unspecified atom stereocenters. The van der Waals surface area contributed by atoms with Gasteiger partial charge >= 0.3 is 0 Å². The van der Waals surface area contributed by atoms with Crippen molar-refractivity contribution in [1.29, 1.82) is 0 Å². The normalized spacial score (nSPS) is 14.6. The van der Waals surface area contributed by atoms with Crippen LogP contribution in [-0.2, 0) is 0 Å². The Balaban J connectivity index is 2.33. The van der Waals surface area contributed by atoms with Crippen LogP contribution in [0.3, 0.4) is 0 Å². The summed E-state index contributed by atoms with van der Waals surface area (Å²) in [4.78, 5) is 5.31. The maximum absolute atomic E-state index is 2.66. The molecule has 0 saturated carbocycles. The smallest absolute Gasteiger partial charge is 0.101 e. The second-order valence-corrected chi connectivity index (χ2v) is 8.64. The second-order valence-electron chi connectivity index (χ2n) is 8.64. The van der Waals surface area contributed by atoms with E-state index in [0.29, 0.717) is 6.17 Å². The number of rotatable bonds is 19. The van der Waals surface area contributed by atoms with Gasteiger partial charge in [-0.05, 0) is 25.7 Å². The highest BCUT2D eigenvalue weighted by Crippen LogP contribution is 2.23. The van der Waals surface area contributed by atoms with Crippen molar-refractivity contribution in [3.8, 4) is 0 Å². The first-order valence-electron chi connectivity index (χ1n) is 12.5. The summed E-state index contributed by atoms with van der Waals surface area (Å²) in [7, 11) is 0. The van der Waals surface area contributed by atoms with Crippen LogP contribution in [0.4, 0.5) is 0 Å². The molecule has 0 amide bonds. The number of hydrogen-bond acceptors (Lipinski definition) is 2. The van der Waals surface area contributed by atoms with E-state index in [1.54, 1.807) is 0 Å². The molecule has 0 aromatic carbocycles. The zero-order chi connectivity index (χ0) is 19.6. The first kappa shape index (κ1) is 24.4. The summed E-state index contributed by atoms with van der Waals surface area (Å²) in [5, 5.41) is 0. The Morgan fingerprint density at radius 1 is 0.481 bits per heavy atom. The molecule has 0 spiro atoms. The van der Waals surface area contributed by atoms with Gasteiger partial charge in [-0.1, -0.05) is 104 Å². The first-order valence-corrected chi connectivity index (χ1v) is 12.5. The van der Waals surface area contributed by atoms with Gasteiger partial charge in [-0.2, -0.15) is 0 Å². The molecule has 160 valence electrons. The van der Waals surface area contributed by atoms with Crippen LogP contribution in [0.1, 0.15) is 130 Å². The van der Waals surface area contributed by atoms with Crippen LogP contribution in [0.25, 0.3) is 0 Å². The van der Waals surface area contributed by atoms with E-state index in [1.165, 1.54) is 122 Å². The predicted octanol–water partition coefficient (Wildman–Crippen LogP) is 8.09. The minimum Gasteiger partial charge on any atom is -0.356 e. The van der Waals surface area contributed by atoms with Gasteiger partial charge < -0.3 is 9.80 Å². The summed E-state index contributed by atoms with van der Waals surface area (Å²) in [6.07, 6.45) is 29.1. The minimum absolute atomic E-state index is 0.647. The molecule has 1 aliphatic heterocycles.